The fourth-order valence-electron chi connectivity index (χ4n) is 2.47. The molecule has 3 aromatic rings. The molecule has 27 heavy (non-hydrogen) atoms. The Labute approximate surface area is 164 Å². The Hall–Kier alpha value is -2.70. The van der Waals surface area contributed by atoms with Crippen LogP contribution in [0.2, 0.25) is 5.02 Å². The van der Waals surface area contributed by atoms with Gasteiger partial charge in [-0.25, -0.2) is 4.79 Å². The van der Waals surface area contributed by atoms with E-state index in [-0.39, 0.29) is 10.7 Å². The number of Topliss-reactive ketones (excluding diaryl/α,β-unsaturated/α-hetero) is 1. The topological polar surface area (TPSA) is 72.5 Å². The zero-order chi connectivity index (χ0) is 19.6. The average molecular weight is 402 g/mol. The normalized spacial score (nSPS) is 11.8. The number of halogens is 1. The predicted octanol–water partition coefficient (Wildman–Crippen LogP) is 4.94. The monoisotopic (exact) mass is 401 g/mol. The Bertz CT molecular complexity index is 1040. The first-order valence-electron chi connectivity index (χ1n) is 8.16. The number of ether oxygens (including phenoxy) is 1. The fraction of sp³-hybridized carbons (Fsp3) is 0.150. The van der Waals surface area contributed by atoms with Crippen molar-refractivity contribution in [3.05, 3.63) is 64.0 Å². The smallest absolute Gasteiger partial charge is 0.350 e. The van der Waals surface area contributed by atoms with Gasteiger partial charge in [0.2, 0.25) is 0 Å². The van der Waals surface area contributed by atoms with Gasteiger partial charge in [0.1, 0.15) is 4.88 Å². The minimum Gasteiger partial charge on any atom is -0.448 e. The number of esters is 1. The maximum atomic E-state index is 12.4. The summed E-state index contributed by atoms with van der Waals surface area (Å²) >= 11 is 7.49. The van der Waals surface area contributed by atoms with Gasteiger partial charge in [-0.05, 0) is 32.0 Å². The molecule has 3 rings (SSSR count). The van der Waals surface area contributed by atoms with E-state index in [0.717, 1.165) is 10.1 Å². The molecule has 0 aliphatic carbocycles. The minimum atomic E-state index is -1.03. The van der Waals surface area contributed by atoms with Crippen LogP contribution in [0.1, 0.15) is 33.9 Å². The molecule has 1 heterocycles. The van der Waals surface area contributed by atoms with Crippen molar-refractivity contribution in [1.29, 1.82) is 0 Å². The maximum absolute atomic E-state index is 12.4. The van der Waals surface area contributed by atoms with Gasteiger partial charge in [0, 0.05) is 21.3 Å². The Morgan fingerprint density at radius 2 is 1.85 bits per heavy atom. The van der Waals surface area contributed by atoms with E-state index in [9.17, 15) is 14.4 Å². The van der Waals surface area contributed by atoms with Gasteiger partial charge in [0.25, 0.3) is 5.91 Å². The van der Waals surface area contributed by atoms with E-state index in [2.05, 4.69) is 5.32 Å². The molecule has 1 atom stereocenters. The number of fused-ring (bicyclic) bond motifs is 1. The quantitative estimate of drug-likeness (QED) is 0.485. The van der Waals surface area contributed by atoms with Crippen LogP contribution in [0.15, 0.2) is 48.5 Å². The molecule has 138 valence electrons. The molecule has 7 heteroatoms. The molecule has 0 spiro atoms. The zero-order valence-corrected chi connectivity index (χ0v) is 16.2. The number of ketones is 1. The van der Waals surface area contributed by atoms with Crippen LogP contribution in [0, 0.1) is 0 Å². The number of carbonyl (C=O) groups excluding carboxylic acids is 3. The lowest BCUT2D eigenvalue weighted by atomic mass is 10.1. The molecule has 0 saturated heterocycles. The van der Waals surface area contributed by atoms with Crippen molar-refractivity contribution in [3.8, 4) is 0 Å². The van der Waals surface area contributed by atoms with Crippen LogP contribution in [0.4, 0.5) is 5.69 Å². The number of benzene rings is 2. The summed E-state index contributed by atoms with van der Waals surface area (Å²) in [5.41, 5.74) is 0.935. The summed E-state index contributed by atoms with van der Waals surface area (Å²) in [4.78, 5) is 36.4. The highest BCUT2D eigenvalue weighted by atomic mass is 35.5. The summed E-state index contributed by atoms with van der Waals surface area (Å²) in [6, 6.07) is 13.9. The summed E-state index contributed by atoms with van der Waals surface area (Å²) in [6.45, 7) is 2.92. The molecule has 0 radical (unpaired) electrons. The molecule has 1 amide bonds. The number of thiophene rings is 1. The summed E-state index contributed by atoms with van der Waals surface area (Å²) in [7, 11) is 0. The third-order valence-electron chi connectivity index (χ3n) is 3.91. The second-order valence-corrected chi connectivity index (χ2v) is 7.35. The Balaban J connectivity index is 1.70. The summed E-state index contributed by atoms with van der Waals surface area (Å²) in [6.07, 6.45) is -1.03. The van der Waals surface area contributed by atoms with Gasteiger partial charge < -0.3 is 10.1 Å². The van der Waals surface area contributed by atoms with Crippen LogP contribution in [0.3, 0.4) is 0 Å². The summed E-state index contributed by atoms with van der Waals surface area (Å²) < 4.78 is 6.13. The van der Waals surface area contributed by atoms with E-state index < -0.39 is 18.0 Å². The lowest BCUT2D eigenvalue weighted by Crippen LogP contribution is -2.29. The number of hydrogen-bond acceptors (Lipinski definition) is 5. The molecule has 0 unspecified atom stereocenters. The number of carbonyl (C=O) groups is 3. The number of rotatable bonds is 5. The van der Waals surface area contributed by atoms with Gasteiger partial charge in [-0.1, -0.05) is 41.9 Å². The first kappa shape index (κ1) is 19.1. The fourth-order valence-corrected chi connectivity index (χ4v) is 3.86. The van der Waals surface area contributed by atoms with Crippen molar-refractivity contribution in [1.82, 2.24) is 0 Å². The molecular weight excluding hydrogens is 386 g/mol. The standard InChI is InChI=1S/C20H16ClNO4S/c1-11(23)13-6-5-7-14(10-13)22-19(24)12(2)26-20(25)18-17(21)15-8-3-4-9-16(15)27-18/h3-10,12H,1-2H3,(H,22,24)/t12-/m1/s1. The van der Waals surface area contributed by atoms with Crippen LogP contribution in [0.5, 0.6) is 0 Å². The second-order valence-electron chi connectivity index (χ2n) is 5.92. The van der Waals surface area contributed by atoms with E-state index >= 15 is 0 Å². The lowest BCUT2D eigenvalue weighted by Gasteiger charge is -2.13. The van der Waals surface area contributed by atoms with Gasteiger partial charge in [-0.15, -0.1) is 11.3 Å². The molecule has 0 saturated carbocycles. The number of anilines is 1. The molecule has 1 aromatic heterocycles. The van der Waals surface area contributed by atoms with Gasteiger partial charge in [0.05, 0.1) is 5.02 Å². The summed E-state index contributed by atoms with van der Waals surface area (Å²) in [5.74, 6) is -1.26. The lowest BCUT2D eigenvalue weighted by molar-refractivity contribution is -0.123. The van der Waals surface area contributed by atoms with Crippen LogP contribution in [-0.4, -0.2) is 23.8 Å². The highest BCUT2D eigenvalue weighted by Gasteiger charge is 2.23. The minimum absolute atomic E-state index is 0.107. The average Bonchev–Trinajstić information content (AvgIpc) is 2.99. The van der Waals surface area contributed by atoms with Crippen molar-refractivity contribution in [2.45, 2.75) is 20.0 Å². The molecule has 0 bridgehead atoms. The highest BCUT2D eigenvalue weighted by molar-refractivity contribution is 7.21. The van der Waals surface area contributed by atoms with Gasteiger partial charge in [0.15, 0.2) is 11.9 Å². The van der Waals surface area contributed by atoms with Crippen molar-refractivity contribution >= 4 is 56.4 Å². The zero-order valence-electron chi connectivity index (χ0n) is 14.6. The first-order valence-corrected chi connectivity index (χ1v) is 9.36. The maximum Gasteiger partial charge on any atom is 0.350 e. The predicted molar refractivity (Wildman–Crippen MR) is 107 cm³/mol. The van der Waals surface area contributed by atoms with E-state index in [4.69, 9.17) is 16.3 Å². The molecule has 5 nitrogen and oxygen atoms in total. The third-order valence-corrected chi connectivity index (χ3v) is 5.57. The highest BCUT2D eigenvalue weighted by Crippen LogP contribution is 2.35. The number of nitrogens with one attached hydrogen (secondary N) is 1. The Morgan fingerprint density at radius 1 is 1.11 bits per heavy atom. The van der Waals surface area contributed by atoms with Crippen molar-refractivity contribution in [2.75, 3.05) is 5.32 Å². The Kier molecular flexibility index (Phi) is 5.58. The third kappa shape index (κ3) is 4.18. The van der Waals surface area contributed by atoms with Crippen molar-refractivity contribution < 1.29 is 19.1 Å². The van der Waals surface area contributed by atoms with E-state index in [0.29, 0.717) is 16.3 Å². The number of hydrogen-bond donors (Lipinski definition) is 1. The first-order chi connectivity index (χ1) is 12.9. The number of amides is 1. The van der Waals surface area contributed by atoms with E-state index in [1.807, 2.05) is 24.3 Å². The van der Waals surface area contributed by atoms with E-state index in [1.54, 1.807) is 24.3 Å². The SMILES string of the molecule is CC(=O)c1cccc(NC(=O)[C@@H](C)OC(=O)c2sc3ccccc3c2Cl)c1. The van der Waals surface area contributed by atoms with Crippen molar-refractivity contribution in [2.24, 2.45) is 0 Å². The molecule has 0 aliphatic rings. The van der Waals surface area contributed by atoms with Crippen LogP contribution >= 0.6 is 22.9 Å². The van der Waals surface area contributed by atoms with Crippen molar-refractivity contribution in [3.63, 3.8) is 0 Å². The summed E-state index contributed by atoms with van der Waals surface area (Å²) in [5, 5.41) is 3.73. The van der Waals surface area contributed by atoms with Gasteiger partial charge in [-0.3, -0.25) is 9.59 Å². The van der Waals surface area contributed by atoms with E-state index in [1.165, 1.54) is 25.2 Å². The molecular formula is C20H16ClNO4S. The van der Waals surface area contributed by atoms with Crippen LogP contribution in [-0.2, 0) is 9.53 Å². The molecule has 0 aliphatic heterocycles. The Morgan fingerprint density at radius 3 is 2.56 bits per heavy atom. The largest absolute Gasteiger partial charge is 0.448 e. The molecule has 2 aromatic carbocycles. The van der Waals surface area contributed by atoms with Gasteiger partial charge in [-0.2, -0.15) is 0 Å². The molecule has 0 fully saturated rings. The van der Waals surface area contributed by atoms with Gasteiger partial charge >= 0.3 is 5.97 Å². The van der Waals surface area contributed by atoms with Crippen LogP contribution in [0.25, 0.3) is 10.1 Å². The molecule has 1 N–H and O–H groups in total. The van der Waals surface area contributed by atoms with Crippen LogP contribution < -0.4 is 5.32 Å². The second kappa shape index (κ2) is 7.90.